The molecule has 0 aliphatic heterocycles. The minimum Gasteiger partial charge on any atom is -0.468 e. The lowest BCUT2D eigenvalue weighted by atomic mass is 10.2. The van der Waals surface area contributed by atoms with Crippen LogP contribution in [-0.2, 0) is 16.6 Å². The van der Waals surface area contributed by atoms with E-state index in [0.29, 0.717) is 0 Å². The van der Waals surface area contributed by atoms with Crippen LogP contribution in [0.15, 0.2) is 41.4 Å². The largest absolute Gasteiger partial charge is 0.468 e. The van der Waals surface area contributed by atoms with E-state index in [2.05, 4.69) is 19.8 Å². The molecule has 1 aromatic heterocycles. The molecule has 2 aromatic rings. The van der Waals surface area contributed by atoms with E-state index in [-0.39, 0.29) is 33.5 Å². The molecule has 0 aliphatic carbocycles. The van der Waals surface area contributed by atoms with E-state index in [4.69, 9.17) is 11.6 Å². The predicted octanol–water partition coefficient (Wildman–Crippen LogP) is 2.51. The third kappa shape index (κ3) is 5.81. The molecule has 152 valence electrons. The summed E-state index contributed by atoms with van der Waals surface area (Å²) in [6, 6.07) is 6.48. The summed E-state index contributed by atoms with van der Waals surface area (Å²) in [5.41, 5.74) is 0.0925. The predicted molar refractivity (Wildman–Crippen MR) is 94.7 cm³/mol. The maximum Gasteiger partial charge on any atom is 0.422 e. The molecule has 1 aromatic carbocycles. The summed E-state index contributed by atoms with van der Waals surface area (Å²) in [5, 5.41) is 2.46. The van der Waals surface area contributed by atoms with Gasteiger partial charge in [0, 0.05) is 18.3 Å². The number of sulfonamides is 1. The number of nitrogens with one attached hydrogen (secondary N) is 2. The van der Waals surface area contributed by atoms with Gasteiger partial charge in [0.2, 0.25) is 15.9 Å². The van der Waals surface area contributed by atoms with Crippen LogP contribution >= 0.6 is 11.6 Å². The molecule has 0 spiro atoms. The molecule has 0 saturated heterocycles. The maximum absolute atomic E-state index is 12.4. The maximum atomic E-state index is 12.4. The van der Waals surface area contributed by atoms with Crippen LogP contribution in [0.5, 0.6) is 5.88 Å². The fraction of sp³-hybridized carbons (Fsp3) is 0.250. The Kier molecular flexibility index (Phi) is 6.86. The van der Waals surface area contributed by atoms with Gasteiger partial charge in [-0.05, 0) is 31.3 Å². The highest BCUT2D eigenvalue weighted by atomic mass is 35.5. The van der Waals surface area contributed by atoms with Crippen LogP contribution in [0.2, 0.25) is 5.02 Å². The molecule has 12 heteroatoms. The summed E-state index contributed by atoms with van der Waals surface area (Å²) < 4.78 is 67.5. The Hall–Kier alpha value is -2.37. The molecule has 0 saturated carbocycles. The van der Waals surface area contributed by atoms with E-state index in [1.165, 1.54) is 37.5 Å². The van der Waals surface area contributed by atoms with Gasteiger partial charge in [0.25, 0.3) is 5.91 Å². The van der Waals surface area contributed by atoms with Gasteiger partial charge in [-0.3, -0.25) is 4.79 Å². The van der Waals surface area contributed by atoms with Gasteiger partial charge in [-0.2, -0.15) is 13.2 Å². The topological polar surface area (TPSA) is 97.4 Å². The quantitative estimate of drug-likeness (QED) is 0.693. The number of benzene rings is 1. The summed E-state index contributed by atoms with van der Waals surface area (Å²) in [5.74, 6) is -0.999. The zero-order valence-electron chi connectivity index (χ0n) is 14.4. The fourth-order valence-electron chi connectivity index (χ4n) is 2.07. The van der Waals surface area contributed by atoms with Gasteiger partial charge in [-0.25, -0.2) is 18.1 Å². The molecule has 0 fully saturated rings. The molecular formula is C16H15ClF3N3O4S. The molecule has 1 heterocycles. The second-order valence-electron chi connectivity index (χ2n) is 5.40. The zero-order valence-corrected chi connectivity index (χ0v) is 16.0. The van der Waals surface area contributed by atoms with E-state index < -0.39 is 28.7 Å². The lowest BCUT2D eigenvalue weighted by Crippen LogP contribution is -2.25. The van der Waals surface area contributed by atoms with Crippen molar-refractivity contribution >= 4 is 27.5 Å². The number of ether oxygens (including phenoxy) is 1. The van der Waals surface area contributed by atoms with Crippen LogP contribution < -0.4 is 14.8 Å². The first kappa shape index (κ1) is 21.9. The first-order valence-corrected chi connectivity index (χ1v) is 9.54. The second kappa shape index (κ2) is 8.76. The van der Waals surface area contributed by atoms with E-state index in [0.717, 1.165) is 6.07 Å². The number of hydrogen-bond donors (Lipinski definition) is 2. The van der Waals surface area contributed by atoms with Crippen LogP contribution in [0.3, 0.4) is 0 Å². The van der Waals surface area contributed by atoms with Gasteiger partial charge < -0.3 is 10.1 Å². The summed E-state index contributed by atoms with van der Waals surface area (Å²) in [6.45, 7) is -1.74. The summed E-state index contributed by atoms with van der Waals surface area (Å²) in [6.07, 6.45) is -3.29. The van der Waals surface area contributed by atoms with E-state index in [9.17, 15) is 26.4 Å². The molecule has 28 heavy (non-hydrogen) atoms. The number of alkyl halides is 3. The minimum absolute atomic E-state index is 0.00675. The van der Waals surface area contributed by atoms with E-state index >= 15 is 0 Å². The molecule has 0 bridgehead atoms. The smallest absolute Gasteiger partial charge is 0.422 e. The highest BCUT2D eigenvalue weighted by Gasteiger charge is 2.29. The van der Waals surface area contributed by atoms with Crippen molar-refractivity contribution in [1.29, 1.82) is 0 Å². The van der Waals surface area contributed by atoms with Crippen LogP contribution in [0, 0.1) is 0 Å². The van der Waals surface area contributed by atoms with Crippen molar-refractivity contribution in [3.8, 4) is 5.88 Å². The van der Waals surface area contributed by atoms with E-state index in [1.807, 2.05) is 0 Å². The third-order valence-electron chi connectivity index (χ3n) is 3.42. The first-order valence-electron chi connectivity index (χ1n) is 7.68. The number of carbonyl (C=O) groups is 1. The molecular weight excluding hydrogens is 423 g/mol. The molecule has 7 nitrogen and oxygen atoms in total. The number of rotatable bonds is 7. The molecule has 1 amide bonds. The Morgan fingerprint density at radius 2 is 2.00 bits per heavy atom. The normalized spacial score (nSPS) is 11.9. The second-order valence-corrected chi connectivity index (χ2v) is 7.70. The Morgan fingerprint density at radius 1 is 1.29 bits per heavy atom. The average molecular weight is 438 g/mol. The van der Waals surface area contributed by atoms with Crippen LogP contribution in [0.4, 0.5) is 13.2 Å². The highest BCUT2D eigenvalue weighted by molar-refractivity contribution is 7.89. The Bertz CT molecular complexity index is 968. The number of amides is 1. The Labute approximate surface area is 163 Å². The summed E-state index contributed by atoms with van der Waals surface area (Å²) in [4.78, 5) is 15.9. The van der Waals surface area contributed by atoms with Crippen molar-refractivity contribution in [3.05, 3.63) is 52.7 Å². The van der Waals surface area contributed by atoms with Crippen LogP contribution in [0.25, 0.3) is 0 Å². The van der Waals surface area contributed by atoms with Gasteiger partial charge in [0.05, 0.1) is 15.5 Å². The van der Waals surface area contributed by atoms with Gasteiger partial charge in [-0.15, -0.1) is 0 Å². The van der Waals surface area contributed by atoms with Crippen molar-refractivity contribution < 1.29 is 31.1 Å². The lowest BCUT2D eigenvalue weighted by molar-refractivity contribution is -0.154. The summed E-state index contributed by atoms with van der Waals surface area (Å²) >= 11 is 5.96. The number of hydrogen-bond acceptors (Lipinski definition) is 5. The Morgan fingerprint density at radius 3 is 2.64 bits per heavy atom. The highest BCUT2D eigenvalue weighted by Crippen LogP contribution is 2.22. The lowest BCUT2D eigenvalue weighted by Gasteiger charge is -2.13. The molecule has 0 aliphatic rings. The molecule has 2 rings (SSSR count). The van der Waals surface area contributed by atoms with E-state index in [1.54, 1.807) is 0 Å². The Balaban J connectivity index is 2.16. The van der Waals surface area contributed by atoms with Gasteiger partial charge >= 0.3 is 6.18 Å². The van der Waals surface area contributed by atoms with Gasteiger partial charge in [0.1, 0.15) is 0 Å². The standard InChI is InChI=1S/C16H15ClF3N3O4S/c1-21-28(25,26)11-4-5-13(17)12(7-11)14(24)23-8-10-3-2-6-22-15(10)27-9-16(18,19)20/h2-7,21H,8-9H2,1H3,(H,23,24). The van der Waals surface area contributed by atoms with Crippen molar-refractivity contribution in [2.45, 2.75) is 17.6 Å². The van der Waals surface area contributed by atoms with Crippen molar-refractivity contribution in [2.75, 3.05) is 13.7 Å². The van der Waals surface area contributed by atoms with Crippen molar-refractivity contribution in [1.82, 2.24) is 15.0 Å². The van der Waals surface area contributed by atoms with Crippen LogP contribution in [0.1, 0.15) is 15.9 Å². The van der Waals surface area contributed by atoms with Gasteiger partial charge in [-0.1, -0.05) is 17.7 Å². The number of pyridine rings is 1. The SMILES string of the molecule is CNS(=O)(=O)c1ccc(Cl)c(C(=O)NCc2cccnc2OCC(F)(F)F)c1. The van der Waals surface area contributed by atoms with Gasteiger partial charge in [0.15, 0.2) is 6.61 Å². The molecule has 0 unspecified atom stereocenters. The third-order valence-corrected chi connectivity index (χ3v) is 5.16. The van der Waals surface area contributed by atoms with Crippen molar-refractivity contribution in [3.63, 3.8) is 0 Å². The number of nitrogens with zero attached hydrogens (tertiary/aromatic N) is 1. The average Bonchev–Trinajstić information content (AvgIpc) is 2.64. The molecule has 0 radical (unpaired) electrons. The van der Waals surface area contributed by atoms with Crippen molar-refractivity contribution in [2.24, 2.45) is 0 Å². The first-order chi connectivity index (χ1) is 13.0. The minimum atomic E-state index is -4.54. The summed E-state index contributed by atoms with van der Waals surface area (Å²) in [7, 11) is -2.57. The number of halogens is 4. The monoisotopic (exact) mass is 437 g/mol. The molecule has 0 atom stereocenters. The fourth-order valence-corrected chi connectivity index (χ4v) is 3.03. The number of aromatic nitrogens is 1. The zero-order chi connectivity index (χ0) is 20.9. The number of carbonyl (C=O) groups excluding carboxylic acids is 1. The molecule has 2 N–H and O–H groups in total. The van der Waals surface area contributed by atoms with Crippen LogP contribution in [-0.4, -0.2) is 39.1 Å².